The molecule has 0 bridgehead atoms. The zero-order chi connectivity index (χ0) is 26.4. The third-order valence-electron chi connectivity index (χ3n) is 5.93. The second kappa shape index (κ2) is 11.4. The van der Waals surface area contributed by atoms with Gasteiger partial charge in [0.25, 0.3) is 11.8 Å². The van der Waals surface area contributed by atoms with Gasteiger partial charge in [-0.05, 0) is 47.4 Å². The van der Waals surface area contributed by atoms with Crippen molar-refractivity contribution < 1.29 is 19.0 Å². The number of aromatic nitrogens is 2. The van der Waals surface area contributed by atoms with Gasteiger partial charge < -0.3 is 19.5 Å². The van der Waals surface area contributed by atoms with E-state index in [1.807, 2.05) is 48.5 Å². The van der Waals surface area contributed by atoms with E-state index >= 15 is 0 Å². The van der Waals surface area contributed by atoms with Gasteiger partial charge in [-0.25, -0.2) is 9.97 Å². The van der Waals surface area contributed by atoms with Crippen LogP contribution in [-0.2, 0) is 6.54 Å². The molecular weight excluding hydrogens is 466 g/mol. The maximum atomic E-state index is 13.5. The highest BCUT2D eigenvalue weighted by molar-refractivity contribution is 6.12. The third-order valence-corrected chi connectivity index (χ3v) is 5.93. The minimum atomic E-state index is -0.106. The number of anilines is 1. The van der Waals surface area contributed by atoms with E-state index in [-0.39, 0.29) is 12.4 Å². The normalized spacial score (nSPS) is 10.7. The van der Waals surface area contributed by atoms with Gasteiger partial charge in [-0.2, -0.15) is 0 Å². The fourth-order valence-corrected chi connectivity index (χ4v) is 3.90. The van der Waals surface area contributed by atoms with Crippen molar-refractivity contribution in [3.63, 3.8) is 0 Å². The summed E-state index contributed by atoms with van der Waals surface area (Å²) in [7, 11) is 3.05. The number of benzene rings is 3. The smallest absolute Gasteiger partial charge is 0.278 e. The molecule has 0 aliphatic heterocycles. The zero-order valence-electron chi connectivity index (χ0n) is 21.4. The lowest BCUT2D eigenvalue weighted by molar-refractivity contribution is 0.103. The average molecular weight is 496 g/mol. The fraction of sp³-hybridized carbons (Fsp3) is 0.233. The predicted octanol–water partition coefficient (Wildman–Crippen LogP) is 5.63. The zero-order valence-corrected chi connectivity index (χ0v) is 21.4. The fourth-order valence-electron chi connectivity index (χ4n) is 3.90. The molecule has 0 saturated heterocycles. The summed E-state index contributed by atoms with van der Waals surface area (Å²) >= 11 is 0. The summed E-state index contributed by atoms with van der Waals surface area (Å²) in [6, 6.07) is 18.8. The van der Waals surface area contributed by atoms with Gasteiger partial charge >= 0.3 is 0 Å². The second-order valence-corrected chi connectivity index (χ2v) is 8.72. The molecule has 1 N–H and O–H groups in total. The first kappa shape index (κ1) is 25.5. The van der Waals surface area contributed by atoms with Gasteiger partial charge in [0.15, 0.2) is 5.78 Å². The van der Waals surface area contributed by atoms with E-state index in [0.717, 1.165) is 5.56 Å². The Bertz CT molecular complexity index is 1460. The van der Waals surface area contributed by atoms with Crippen molar-refractivity contribution in [1.29, 1.82) is 0 Å². The number of hydrogen-bond acceptors (Lipinski definition) is 7. The maximum Gasteiger partial charge on any atom is 0.278 e. The summed E-state index contributed by atoms with van der Waals surface area (Å²) in [5.74, 6) is 3.92. The Hall–Kier alpha value is -4.57. The van der Waals surface area contributed by atoms with Gasteiger partial charge in [0.2, 0.25) is 0 Å². The summed E-state index contributed by atoms with van der Waals surface area (Å²) in [5, 5.41) is 3.39. The van der Waals surface area contributed by atoms with Gasteiger partial charge in [0.05, 0.1) is 25.3 Å². The van der Waals surface area contributed by atoms with Gasteiger partial charge in [0.1, 0.15) is 12.4 Å². The predicted molar refractivity (Wildman–Crippen MR) is 145 cm³/mol. The van der Waals surface area contributed by atoms with Crippen molar-refractivity contribution in [2.24, 2.45) is 0 Å². The first-order valence-electron chi connectivity index (χ1n) is 11.9. The molecule has 1 aromatic heterocycles. The molecule has 0 amide bonds. The van der Waals surface area contributed by atoms with E-state index in [1.165, 1.54) is 19.8 Å². The highest BCUT2D eigenvalue weighted by Crippen LogP contribution is 2.28. The molecule has 0 saturated carbocycles. The van der Waals surface area contributed by atoms with Gasteiger partial charge in [-0.15, -0.1) is 6.42 Å². The Kier molecular flexibility index (Phi) is 7.89. The van der Waals surface area contributed by atoms with Gasteiger partial charge in [-0.1, -0.05) is 50.1 Å². The standard InChI is InChI=1S/C30H29N3O4/c1-6-15-37-23-12-14-25(24(17-23)28(34)22-10-8-21(9-11-22)19(2)3)31-18-20-7-13-26-27(16-20)33-30(36-5)29(32-26)35-4/h1,7-14,16-17,19,31H,15,18H2,2-5H3. The Morgan fingerprint density at radius 3 is 2.30 bits per heavy atom. The summed E-state index contributed by atoms with van der Waals surface area (Å²) in [4.78, 5) is 22.5. The molecule has 0 aliphatic carbocycles. The van der Waals surface area contributed by atoms with Crippen LogP contribution in [0.4, 0.5) is 5.69 Å². The van der Waals surface area contributed by atoms with E-state index in [4.69, 9.17) is 20.6 Å². The molecule has 1 heterocycles. The van der Waals surface area contributed by atoms with E-state index in [0.29, 0.717) is 57.8 Å². The van der Waals surface area contributed by atoms with Crippen molar-refractivity contribution in [2.45, 2.75) is 26.3 Å². The van der Waals surface area contributed by atoms with Crippen molar-refractivity contribution >= 4 is 22.5 Å². The summed E-state index contributed by atoms with van der Waals surface area (Å²) in [6.45, 7) is 4.82. The molecule has 0 aliphatic rings. The molecule has 0 fully saturated rings. The second-order valence-electron chi connectivity index (χ2n) is 8.72. The molecule has 7 nitrogen and oxygen atoms in total. The van der Waals surface area contributed by atoms with Crippen molar-refractivity contribution in [3.05, 3.63) is 82.9 Å². The summed E-state index contributed by atoms with van der Waals surface area (Å²) in [6.07, 6.45) is 5.34. The van der Waals surface area contributed by atoms with Crippen LogP contribution in [0.15, 0.2) is 60.7 Å². The molecule has 0 radical (unpaired) electrons. The molecular formula is C30H29N3O4. The first-order valence-corrected chi connectivity index (χ1v) is 11.9. The molecule has 4 rings (SSSR count). The number of carbonyl (C=O) groups is 1. The number of carbonyl (C=O) groups excluding carboxylic acids is 1. The van der Waals surface area contributed by atoms with Crippen LogP contribution >= 0.6 is 0 Å². The van der Waals surface area contributed by atoms with Crippen LogP contribution in [-0.4, -0.2) is 36.6 Å². The van der Waals surface area contributed by atoms with Crippen LogP contribution in [0.5, 0.6) is 17.5 Å². The van der Waals surface area contributed by atoms with Crippen molar-refractivity contribution in [1.82, 2.24) is 9.97 Å². The molecule has 3 aromatic carbocycles. The van der Waals surface area contributed by atoms with Gasteiger partial charge in [0, 0.05) is 23.4 Å². The summed E-state index contributed by atoms with van der Waals surface area (Å²) < 4.78 is 16.1. The number of methoxy groups -OCH3 is 2. The van der Waals surface area contributed by atoms with E-state index in [9.17, 15) is 4.79 Å². The summed E-state index contributed by atoms with van der Waals surface area (Å²) in [5.41, 5.74) is 5.29. The van der Waals surface area contributed by atoms with Crippen LogP contribution in [0.1, 0.15) is 46.8 Å². The topological polar surface area (TPSA) is 82.6 Å². The molecule has 0 atom stereocenters. The van der Waals surface area contributed by atoms with Crippen LogP contribution in [0, 0.1) is 12.3 Å². The number of fused-ring (bicyclic) bond motifs is 1. The quantitative estimate of drug-likeness (QED) is 0.226. The molecule has 0 unspecified atom stereocenters. The van der Waals surface area contributed by atoms with Crippen LogP contribution in [0.3, 0.4) is 0 Å². The van der Waals surface area contributed by atoms with Crippen molar-refractivity contribution in [3.8, 4) is 29.9 Å². The van der Waals surface area contributed by atoms with Crippen LogP contribution in [0.2, 0.25) is 0 Å². The highest BCUT2D eigenvalue weighted by Gasteiger charge is 2.16. The molecule has 0 spiro atoms. The minimum absolute atomic E-state index is 0.106. The number of hydrogen-bond donors (Lipinski definition) is 1. The average Bonchev–Trinajstić information content (AvgIpc) is 2.93. The number of rotatable bonds is 10. The van der Waals surface area contributed by atoms with E-state index in [2.05, 4.69) is 35.1 Å². The molecule has 37 heavy (non-hydrogen) atoms. The molecule has 188 valence electrons. The Labute approximate surface area is 216 Å². The Morgan fingerprint density at radius 2 is 1.65 bits per heavy atom. The van der Waals surface area contributed by atoms with Crippen molar-refractivity contribution in [2.75, 3.05) is 26.1 Å². The maximum absolute atomic E-state index is 13.5. The Balaban J connectivity index is 1.62. The first-order chi connectivity index (χ1) is 17.9. The number of ketones is 1. The van der Waals surface area contributed by atoms with Crippen LogP contribution in [0.25, 0.3) is 11.0 Å². The lowest BCUT2D eigenvalue weighted by Crippen LogP contribution is -2.09. The van der Waals surface area contributed by atoms with Gasteiger partial charge in [-0.3, -0.25) is 4.79 Å². The Morgan fingerprint density at radius 1 is 0.946 bits per heavy atom. The van der Waals surface area contributed by atoms with Crippen LogP contribution < -0.4 is 19.5 Å². The lowest BCUT2D eigenvalue weighted by Gasteiger charge is -2.14. The monoisotopic (exact) mass is 495 g/mol. The number of nitrogens with one attached hydrogen (secondary N) is 1. The van der Waals surface area contributed by atoms with E-state index in [1.54, 1.807) is 12.1 Å². The molecule has 4 aromatic rings. The minimum Gasteiger partial charge on any atom is -0.481 e. The molecule has 7 heteroatoms. The SMILES string of the molecule is C#CCOc1ccc(NCc2ccc3nc(OC)c(OC)nc3c2)c(C(=O)c2ccc(C(C)C)cc2)c1. The number of ether oxygens (including phenoxy) is 3. The largest absolute Gasteiger partial charge is 0.481 e. The number of nitrogens with zero attached hydrogens (tertiary/aromatic N) is 2. The third kappa shape index (κ3) is 5.81. The lowest BCUT2D eigenvalue weighted by atomic mass is 9.97. The highest BCUT2D eigenvalue weighted by atomic mass is 16.5. The number of terminal acetylenes is 1. The van der Waals surface area contributed by atoms with E-state index < -0.39 is 0 Å².